The summed E-state index contributed by atoms with van der Waals surface area (Å²) in [5.41, 5.74) is 3.01. The van der Waals surface area contributed by atoms with Crippen LogP contribution in [0.5, 0.6) is 5.75 Å². The maximum absolute atomic E-state index is 13.4. The van der Waals surface area contributed by atoms with Gasteiger partial charge in [-0.15, -0.1) is 0 Å². The molecule has 1 aliphatic carbocycles. The molecule has 1 aliphatic heterocycles. The first-order valence-electron chi connectivity index (χ1n) is 9.56. The highest BCUT2D eigenvalue weighted by molar-refractivity contribution is 6.07. The lowest BCUT2D eigenvalue weighted by Gasteiger charge is -2.21. The predicted octanol–water partition coefficient (Wildman–Crippen LogP) is 5.37. The Morgan fingerprint density at radius 1 is 1.07 bits per heavy atom. The second-order valence-electron chi connectivity index (χ2n) is 7.28. The third kappa shape index (κ3) is 4.38. The minimum atomic E-state index is -0.347. The van der Waals surface area contributed by atoms with Crippen LogP contribution in [0, 0.1) is 18.2 Å². The van der Waals surface area contributed by atoms with Crippen molar-refractivity contribution in [1.82, 2.24) is 0 Å². The molecule has 0 bridgehead atoms. The largest absolute Gasteiger partial charge is 0.488 e. The Morgan fingerprint density at radius 3 is 2.63 bits per heavy atom. The van der Waals surface area contributed by atoms with E-state index in [0.717, 1.165) is 5.69 Å². The molecule has 4 rings (SSSR count). The minimum absolute atomic E-state index is 0.179. The Hall–Kier alpha value is -2.62. The number of amides is 1. The summed E-state index contributed by atoms with van der Waals surface area (Å²) in [6, 6.07) is 12.2. The normalized spacial score (nSPS) is 16.9. The van der Waals surface area contributed by atoms with Crippen LogP contribution in [0.1, 0.15) is 43.2 Å². The van der Waals surface area contributed by atoms with Crippen molar-refractivity contribution in [2.24, 2.45) is 5.92 Å². The zero-order chi connectivity index (χ0) is 18.6. The molecule has 139 valence electrons. The second-order valence-corrected chi connectivity index (χ2v) is 7.28. The lowest BCUT2D eigenvalue weighted by Crippen LogP contribution is -2.21. The summed E-state index contributed by atoms with van der Waals surface area (Å²) in [7, 11) is 0. The van der Waals surface area contributed by atoms with E-state index in [9.17, 15) is 9.18 Å². The summed E-state index contributed by atoms with van der Waals surface area (Å²) in [4.78, 5) is 12.5. The number of benzene rings is 2. The van der Waals surface area contributed by atoms with Crippen molar-refractivity contribution >= 4 is 17.7 Å². The molecular weight excluding hydrogens is 341 g/mol. The maximum atomic E-state index is 13.4. The number of carbonyl (C=O) groups is 1. The predicted molar refractivity (Wildman–Crippen MR) is 105 cm³/mol. The molecule has 0 atom stereocenters. The Bertz CT molecular complexity index is 851. The van der Waals surface area contributed by atoms with Gasteiger partial charge in [0, 0.05) is 11.3 Å². The van der Waals surface area contributed by atoms with Gasteiger partial charge in [0.25, 0.3) is 5.91 Å². The molecule has 1 radical (unpaired) electrons. The van der Waals surface area contributed by atoms with Crippen molar-refractivity contribution in [1.29, 1.82) is 0 Å². The molecule has 0 saturated heterocycles. The zero-order valence-electron chi connectivity index (χ0n) is 15.2. The van der Waals surface area contributed by atoms with Gasteiger partial charge in [0.1, 0.15) is 18.2 Å². The number of halogens is 1. The zero-order valence-corrected chi connectivity index (χ0v) is 15.2. The first kappa shape index (κ1) is 17.8. The number of rotatable bonds is 4. The van der Waals surface area contributed by atoms with Crippen molar-refractivity contribution in [2.45, 2.75) is 32.1 Å². The topological polar surface area (TPSA) is 38.3 Å². The second kappa shape index (κ2) is 7.95. The average molecular weight is 364 g/mol. The van der Waals surface area contributed by atoms with Gasteiger partial charge in [0.2, 0.25) is 0 Å². The molecule has 4 heteroatoms. The van der Waals surface area contributed by atoms with E-state index in [1.165, 1.54) is 49.8 Å². The summed E-state index contributed by atoms with van der Waals surface area (Å²) in [5, 5.41) is 2.89. The van der Waals surface area contributed by atoms with Crippen molar-refractivity contribution < 1.29 is 13.9 Å². The monoisotopic (exact) mass is 364 g/mol. The third-order valence-corrected chi connectivity index (χ3v) is 5.22. The number of ether oxygens (including phenoxy) is 1. The fourth-order valence-corrected chi connectivity index (χ4v) is 3.74. The highest BCUT2D eigenvalue weighted by Crippen LogP contribution is 2.29. The standard InChI is InChI=1S/C23H23FNO2/c24-20-8-11-22-18(14-20)13-19(15-27-22)23(26)25-21-9-6-17(7-10-21)12-16-4-2-1-3-5-16/h6-14,16H,1-5,15H2,(H,25,26). The van der Waals surface area contributed by atoms with Gasteiger partial charge in [-0.25, -0.2) is 4.39 Å². The van der Waals surface area contributed by atoms with Gasteiger partial charge in [0.15, 0.2) is 0 Å². The van der Waals surface area contributed by atoms with E-state index >= 15 is 0 Å². The molecule has 1 heterocycles. The van der Waals surface area contributed by atoms with E-state index in [0.29, 0.717) is 22.8 Å². The fourth-order valence-electron chi connectivity index (χ4n) is 3.74. The SMILES string of the molecule is O=C(Nc1ccc([CH]C2CCCCC2)cc1)C1=Cc2cc(F)ccc2OC1. The summed E-state index contributed by atoms with van der Waals surface area (Å²) >= 11 is 0. The van der Waals surface area contributed by atoms with E-state index in [1.807, 2.05) is 24.3 Å². The maximum Gasteiger partial charge on any atom is 0.255 e. The van der Waals surface area contributed by atoms with Crippen LogP contribution in [-0.2, 0) is 4.79 Å². The van der Waals surface area contributed by atoms with Crippen LogP contribution in [0.4, 0.5) is 10.1 Å². The summed E-state index contributed by atoms with van der Waals surface area (Å²) in [5.74, 6) is 0.689. The average Bonchev–Trinajstić information content (AvgIpc) is 2.69. The molecule has 1 saturated carbocycles. The molecule has 27 heavy (non-hydrogen) atoms. The van der Waals surface area contributed by atoms with Gasteiger partial charge in [-0.2, -0.15) is 0 Å². The molecule has 1 fully saturated rings. The van der Waals surface area contributed by atoms with Gasteiger partial charge in [-0.05, 0) is 67.2 Å². The van der Waals surface area contributed by atoms with Crippen molar-refractivity contribution in [3.8, 4) is 5.75 Å². The number of nitrogens with one attached hydrogen (secondary N) is 1. The smallest absolute Gasteiger partial charge is 0.255 e. The van der Waals surface area contributed by atoms with Gasteiger partial charge >= 0.3 is 0 Å². The molecular formula is C23H23FNO2. The molecule has 0 aromatic heterocycles. The Balaban J connectivity index is 1.39. The number of carbonyl (C=O) groups excluding carboxylic acids is 1. The van der Waals surface area contributed by atoms with Crippen molar-refractivity contribution in [3.63, 3.8) is 0 Å². The molecule has 1 N–H and O–H groups in total. The third-order valence-electron chi connectivity index (χ3n) is 5.22. The number of anilines is 1. The number of hydrogen-bond acceptors (Lipinski definition) is 2. The van der Waals surface area contributed by atoms with E-state index in [2.05, 4.69) is 11.7 Å². The van der Waals surface area contributed by atoms with Crippen LogP contribution in [-0.4, -0.2) is 12.5 Å². The van der Waals surface area contributed by atoms with Crippen LogP contribution in [0.25, 0.3) is 6.08 Å². The van der Waals surface area contributed by atoms with Crippen molar-refractivity contribution in [2.75, 3.05) is 11.9 Å². The lowest BCUT2D eigenvalue weighted by atomic mass is 9.85. The molecule has 0 unspecified atom stereocenters. The minimum Gasteiger partial charge on any atom is -0.488 e. The molecule has 2 aromatic carbocycles. The molecule has 1 amide bonds. The highest BCUT2D eigenvalue weighted by Gasteiger charge is 2.18. The number of fused-ring (bicyclic) bond motifs is 1. The van der Waals surface area contributed by atoms with Crippen molar-refractivity contribution in [3.05, 3.63) is 71.4 Å². The summed E-state index contributed by atoms with van der Waals surface area (Å²) in [6.07, 6.45) is 10.6. The summed E-state index contributed by atoms with van der Waals surface area (Å²) < 4.78 is 18.9. The molecule has 3 nitrogen and oxygen atoms in total. The van der Waals surface area contributed by atoms with Gasteiger partial charge in [0.05, 0.1) is 5.57 Å². The number of hydrogen-bond donors (Lipinski definition) is 1. The van der Waals surface area contributed by atoms with E-state index in [4.69, 9.17) is 4.74 Å². The lowest BCUT2D eigenvalue weighted by molar-refractivity contribution is -0.113. The quantitative estimate of drug-likeness (QED) is 0.792. The molecule has 2 aromatic rings. The van der Waals surface area contributed by atoms with E-state index in [1.54, 1.807) is 12.1 Å². The van der Waals surface area contributed by atoms with Gasteiger partial charge in [-0.3, -0.25) is 4.79 Å². The van der Waals surface area contributed by atoms with Crippen LogP contribution in [0.15, 0.2) is 48.0 Å². The highest BCUT2D eigenvalue weighted by atomic mass is 19.1. The van der Waals surface area contributed by atoms with Gasteiger partial charge in [-0.1, -0.05) is 31.4 Å². The first-order chi connectivity index (χ1) is 13.2. The first-order valence-corrected chi connectivity index (χ1v) is 9.56. The van der Waals surface area contributed by atoms with Crippen LogP contribution in [0.2, 0.25) is 0 Å². The van der Waals surface area contributed by atoms with Crippen LogP contribution in [0.3, 0.4) is 0 Å². The van der Waals surface area contributed by atoms with Crippen LogP contribution < -0.4 is 10.1 Å². The van der Waals surface area contributed by atoms with E-state index in [-0.39, 0.29) is 18.3 Å². The molecule has 0 spiro atoms. The summed E-state index contributed by atoms with van der Waals surface area (Å²) in [6.45, 7) is 0.179. The molecule has 2 aliphatic rings. The Morgan fingerprint density at radius 2 is 1.85 bits per heavy atom. The fraction of sp³-hybridized carbons (Fsp3) is 0.304. The Labute approximate surface area is 159 Å². The Kier molecular flexibility index (Phi) is 5.23. The van der Waals surface area contributed by atoms with Crippen LogP contribution >= 0.6 is 0 Å². The van der Waals surface area contributed by atoms with Gasteiger partial charge < -0.3 is 10.1 Å². The van der Waals surface area contributed by atoms with E-state index < -0.39 is 0 Å².